The van der Waals surface area contributed by atoms with Crippen LogP contribution in [0.5, 0.6) is 0 Å². The van der Waals surface area contributed by atoms with Gasteiger partial charge < -0.3 is 5.11 Å². The number of nitrogens with one attached hydrogen (secondary N) is 1. The molecular weight excluding hydrogens is 262 g/mol. The van der Waals surface area contributed by atoms with Crippen LogP contribution in [-0.2, 0) is 0 Å². The molecule has 2 rings (SSSR count). The molecule has 0 saturated carbocycles. The summed E-state index contributed by atoms with van der Waals surface area (Å²) in [6.45, 7) is 0.0388. The Morgan fingerprint density at radius 2 is 2.16 bits per heavy atom. The minimum absolute atomic E-state index is 0.0388. The Kier molecular flexibility index (Phi) is 4.61. The number of rotatable bonds is 3. The summed E-state index contributed by atoms with van der Waals surface area (Å²) in [5.74, 6) is 5.70. The first kappa shape index (κ1) is 13.2. The molecule has 1 amide bonds. The lowest BCUT2D eigenvalue weighted by atomic mass is 10.4. The van der Waals surface area contributed by atoms with Gasteiger partial charge >= 0.3 is 0 Å². The summed E-state index contributed by atoms with van der Waals surface area (Å²) in [5, 5.41) is 11.2. The molecule has 2 aromatic rings. The number of aliphatic hydroxyl groups excluding tert-OH is 1. The molecule has 6 heteroatoms. The van der Waals surface area contributed by atoms with Crippen molar-refractivity contribution in [3.8, 4) is 11.8 Å². The average molecular weight is 273 g/mol. The SMILES string of the molecule is O=C(Nc1ncccn1)c1ccc(C#CCCO)s1. The number of nitrogens with zero attached hydrogens (tertiary/aromatic N) is 2. The minimum atomic E-state index is -0.258. The minimum Gasteiger partial charge on any atom is -0.395 e. The molecule has 0 aliphatic carbocycles. The zero-order valence-corrected chi connectivity index (χ0v) is 10.8. The highest BCUT2D eigenvalue weighted by atomic mass is 32.1. The Labute approximate surface area is 114 Å². The molecule has 0 aromatic carbocycles. The second-order valence-electron chi connectivity index (χ2n) is 3.47. The molecule has 2 N–H and O–H groups in total. The van der Waals surface area contributed by atoms with E-state index in [0.29, 0.717) is 11.3 Å². The van der Waals surface area contributed by atoms with Crippen molar-refractivity contribution in [2.24, 2.45) is 0 Å². The van der Waals surface area contributed by atoms with E-state index in [1.165, 1.54) is 11.3 Å². The number of aromatic nitrogens is 2. The van der Waals surface area contributed by atoms with E-state index in [1.807, 2.05) is 0 Å². The highest BCUT2D eigenvalue weighted by Gasteiger charge is 2.09. The zero-order chi connectivity index (χ0) is 13.5. The predicted octanol–water partition coefficient (Wildman–Crippen LogP) is 1.52. The van der Waals surface area contributed by atoms with Gasteiger partial charge in [-0.05, 0) is 18.2 Å². The first-order chi connectivity index (χ1) is 9.29. The lowest BCUT2D eigenvalue weighted by Crippen LogP contribution is -2.12. The van der Waals surface area contributed by atoms with Crippen LogP contribution in [0.15, 0.2) is 30.6 Å². The summed E-state index contributed by atoms with van der Waals surface area (Å²) in [7, 11) is 0. The van der Waals surface area contributed by atoms with Crippen molar-refractivity contribution in [2.45, 2.75) is 6.42 Å². The molecule has 0 bridgehead atoms. The third-order valence-electron chi connectivity index (χ3n) is 2.07. The van der Waals surface area contributed by atoms with Crippen LogP contribution in [0.1, 0.15) is 21.0 Å². The van der Waals surface area contributed by atoms with Crippen LogP contribution in [0.25, 0.3) is 0 Å². The summed E-state index contributed by atoms with van der Waals surface area (Å²) >= 11 is 1.29. The number of amides is 1. The highest BCUT2D eigenvalue weighted by Crippen LogP contribution is 2.16. The number of carbonyl (C=O) groups excluding carboxylic acids is 1. The summed E-state index contributed by atoms with van der Waals surface area (Å²) in [4.78, 5) is 21.1. The van der Waals surface area contributed by atoms with Crippen LogP contribution in [0.2, 0.25) is 0 Å². The molecule has 0 unspecified atom stereocenters. The normalized spacial score (nSPS) is 9.53. The summed E-state index contributed by atoms with van der Waals surface area (Å²) in [6.07, 6.45) is 3.54. The Morgan fingerprint density at radius 1 is 1.37 bits per heavy atom. The van der Waals surface area contributed by atoms with E-state index in [9.17, 15) is 4.79 Å². The Bertz CT molecular complexity index is 614. The summed E-state index contributed by atoms with van der Waals surface area (Å²) < 4.78 is 0. The van der Waals surface area contributed by atoms with Gasteiger partial charge in [-0.3, -0.25) is 10.1 Å². The van der Waals surface area contributed by atoms with Crippen LogP contribution < -0.4 is 5.32 Å². The van der Waals surface area contributed by atoms with Crippen LogP contribution >= 0.6 is 11.3 Å². The van der Waals surface area contributed by atoms with Crippen molar-refractivity contribution < 1.29 is 9.90 Å². The van der Waals surface area contributed by atoms with E-state index >= 15 is 0 Å². The largest absolute Gasteiger partial charge is 0.395 e. The number of anilines is 1. The molecule has 0 saturated heterocycles. The molecular formula is C13H11N3O2S. The maximum absolute atomic E-state index is 11.9. The molecule has 19 heavy (non-hydrogen) atoms. The fourth-order valence-corrected chi connectivity index (χ4v) is 2.04. The molecule has 0 spiro atoms. The van der Waals surface area contributed by atoms with Gasteiger partial charge in [-0.2, -0.15) is 0 Å². The van der Waals surface area contributed by atoms with Gasteiger partial charge in [0.25, 0.3) is 5.91 Å². The number of thiophene rings is 1. The predicted molar refractivity (Wildman–Crippen MR) is 72.9 cm³/mol. The van der Waals surface area contributed by atoms with Gasteiger partial charge in [0.05, 0.1) is 16.4 Å². The Balaban J connectivity index is 2.03. The number of carbonyl (C=O) groups is 1. The van der Waals surface area contributed by atoms with E-state index in [2.05, 4.69) is 27.1 Å². The highest BCUT2D eigenvalue weighted by molar-refractivity contribution is 7.14. The maximum Gasteiger partial charge on any atom is 0.268 e. The number of hydrogen-bond donors (Lipinski definition) is 2. The molecule has 0 atom stereocenters. The van der Waals surface area contributed by atoms with Crippen molar-refractivity contribution in [3.05, 3.63) is 40.3 Å². The van der Waals surface area contributed by atoms with Crippen molar-refractivity contribution in [3.63, 3.8) is 0 Å². The van der Waals surface area contributed by atoms with Crippen LogP contribution in [0.3, 0.4) is 0 Å². The summed E-state index contributed by atoms with van der Waals surface area (Å²) in [6, 6.07) is 5.15. The van der Waals surface area contributed by atoms with Gasteiger partial charge in [0.1, 0.15) is 0 Å². The fourth-order valence-electron chi connectivity index (χ4n) is 1.26. The van der Waals surface area contributed by atoms with E-state index in [1.54, 1.807) is 30.6 Å². The second-order valence-corrected chi connectivity index (χ2v) is 4.55. The molecule has 2 heterocycles. The smallest absolute Gasteiger partial charge is 0.268 e. The first-order valence-electron chi connectivity index (χ1n) is 5.57. The van der Waals surface area contributed by atoms with Crippen LogP contribution in [0.4, 0.5) is 5.95 Å². The third-order valence-corrected chi connectivity index (χ3v) is 3.07. The molecule has 0 fully saturated rings. The summed E-state index contributed by atoms with van der Waals surface area (Å²) in [5.41, 5.74) is 0. The first-order valence-corrected chi connectivity index (χ1v) is 6.39. The molecule has 96 valence electrons. The van der Waals surface area contributed by atoms with Crippen molar-refractivity contribution in [2.75, 3.05) is 11.9 Å². The second kappa shape index (κ2) is 6.64. The molecule has 5 nitrogen and oxygen atoms in total. The van der Waals surface area contributed by atoms with Crippen molar-refractivity contribution in [1.29, 1.82) is 0 Å². The number of aliphatic hydroxyl groups is 1. The van der Waals surface area contributed by atoms with Gasteiger partial charge in [0.2, 0.25) is 5.95 Å². The topological polar surface area (TPSA) is 75.1 Å². The zero-order valence-electron chi connectivity index (χ0n) is 9.96. The van der Waals surface area contributed by atoms with E-state index in [4.69, 9.17) is 5.11 Å². The molecule has 0 aliphatic rings. The fraction of sp³-hybridized carbons (Fsp3) is 0.154. The Hall–Kier alpha value is -2.23. The third kappa shape index (κ3) is 3.88. The standard InChI is InChI=1S/C13H11N3O2S/c17-9-2-1-4-10-5-6-11(19-10)12(18)16-13-14-7-3-8-15-13/h3,5-8,17H,2,9H2,(H,14,15,16,18). The molecule has 0 aliphatic heterocycles. The van der Waals surface area contributed by atoms with Gasteiger partial charge in [0.15, 0.2) is 0 Å². The quantitative estimate of drug-likeness (QED) is 0.831. The van der Waals surface area contributed by atoms with E-state index < -0.39 is 0 Å². The monoisotopic (exact) mass is 273 g/mol. The van der Waals surface area contributed by atoms with Gasteiger partial charge in [-0.15, -0.1) is 11.3 Å². The molecule has 0 radical (unpaired) electrons. The van der Waals surface area contributed by atoms with E-state index in [0.717, 1.165) is 4.88 Å². The van der Waals surface area contributed by atoms with Crippen molar-refractivity contribution >= 4 is 23.2 Å². The lowest BCUT2D eigenvalue weighted by Gasteiger charge is -1.99. The lowest BCUT2D eigenvalue weighted by molar-refractivity contribution is 0.102. The van der Waals surface area contributed by atoms with Crippen molar-refractivity contribution in [1.82, 2.24) is 9.97 Å². The number of hydrogen-bond acceptors (Lipinski definition) is 5. The van der Waals surface area contributed by atoms with Gasteiger partial charge in [-0.25, -0.2) is 9.97 Å². The molecule has 2 aromatic heterocycles. The van der Waals surface area contributed by atoms with Gasteiger partial charge in [-0.1, -0.05) is 11.8 Å². The Morgan fingerprint density at radius 3 is 2.89 bits per heavy atom. The van der Waals surface area contributed by atoms with Crippen LogP contribution in [-0.4, -0.2) is 27.6 Å². The van der Waals surface area contributed by atoms with E-state index in [-0.39, 0.29) is 18.5 Å². The average Bonchev–Trinajstić information content (AvgIpc) is 2.89. The maximum atomic E-state index is 11.9. The van der Waals surface area contributed by atoms with Crippen LogP contribution in [0, 0.1) is 11.8 Å². The van der Waals surface area contributed by atoms with Gasteiger partial charge in [0, 0.05) is 18.8 Å².